The van der Waals surface area contributed by atoms with Crippen LogP contribution in [0.3, 0.4) is 0 Å². The topological polar surface area (TPSA) is 63.6 Å². The maximum atomic E-state index is 11.4. The third-order valence-electron chi connectivity index (χ3n) is 2.28. The van der Waals surface area contributed by atoms with Gasteiger partial charge in [-0.3, -0.25) is 0 Å². The Morgan fingerprint density at radius 2 is 1.82 bits per heavy atom. The van der Waals surface area contributed by atoms with Crippen molar-refractivity contribution in [1.29, 1.82) is 0 Å². The van der Waals surface area contributed by atoms with Crippen LogP contribution in [-0.2, 0) is 14.3 Å². The fourth-order valence-electron chi connectivity index (χ4n) is 1.25. The van der Waals surface area contributed by atoms with Crippen LogP contribution in [0.2, 0.25) is 0 Å². The van der Waals surface area contributed by atoms with E-state index >= 15 is 0 Å². The lowest BCUT2D eigenvalue weighted by molar-refractivity contribution is -0.140. The predicted octanol–water partition coefficient (Wildman–Crippen LogP) is 3.13. The Morgan fingerprint density at radius 3 is 2.24 bits per heavy atom. The number of aliphatic carboxylic acids is 1. The third-order valence-corrected chi connectivity index (χ3v) is 3.07. The second-order valence-electron chi connectivity index (χ2n) is 3.59. The van der Waals surface area contributed by atoms with Gasteiger partial charge >= 0.3 is 11.9 Å². The van der Waals surface area contributed by atoms with E-state index in [-0.39, 0.29) is 12.5 Å². The van der Waals surface area contributed by atoms with E-state index in [0.29, 0.717) is 0 Å². The van der Waals surface area contributed by atoms with E-state index in [1.165, 1.54) is 0 Å². The smallest absolute Gasteiger partial charge is 0.351 e. The molecule has 0 saturated heterocycles. The molecule has 0 spiro atoms. The summed E-state index contributed by atoms with van der Waals surface area (Å²) in [7, 11) is 0. The molecule has 0 amide bonds. The van der Waals surface area contributed by atoms with E-state index in [2.05, 4.69) is 0 Å². The third kappa shape index (κ3) is 5.94. The molecule has 6 heteroatoms. The maximum Gasteiger partial charge on any atom is 0.351 e. The molecule has 0 rings (SSSR count). The first-order valence-electron chi connectivity index (χ1n) is 5.39. The van der Waals surface area contributed by atoms with E-state index in [9.17, 15) is 9.59 Å². The largest absolute Gasteiger partial charge is 0.477 e. The number of carbonyl (C=O) groups excluding carboxylic acids is 1. The van der Waals surface area contributed by atoms with Crippen LogP contribution < -0.4 is 0 Å². The summed E-state index contributed by atoms with van der Waals surface area (Å²) in [6.07, 6.45) is 2.82. The summed E-state index contributed by atoms with van der Waals surface area (Å²) >= 11 is 10.8. The summed E-state index contributed by atoms with van der Waals surface area (Å²) in [6, 6.07) is 0. The van der Waals surface area contributed by atoms with Gasteiger partial charge in [-0.2, -0.15) is 0 Å². The minimum absolute atomic E-state index is 0.225. The second-order valence-corrected chi connectivity index (χ2v) is 4.35. The zero-order chi connectivity index (χ0) is 13.4. The molecule has 98 valence electrons. The molecule has 0 aromatic rings. The van der Waals surface area contributed by atoms with Gasteiger partial charge in [0.1, 0.15) is 0 Å². The van der Waals surface area contributed by atoms with E-state index in [4.69, 9.17) is 33.0 Å². The molecule has 0 aliphatic rings. The number of hydrogen-bond acceptors (Lipinski definition) is 3. The minimum Gasteiger partial charge on any atom is -0.477 e. The van der Waals surface area contributed by atoms with Crippen LogP contribution in [0.15, 0.2) is 10.1 Å². The maximum absolute atomic E-state index is 11.4. The summed E-state index contributed by atoms with van der Waals surface area (Å²) in [5.41, 5.74) is 0. The van der Waals surface area contributed by atoms with Crippen molar-refractivity contribution in [3.8, 4) is 0 Å². The number of rotatable bonds is 7. The molecule has 17 heavy (non-hydrogen) atoms. The number of ether oxygens (including phenoxy) is 1. The highest BCUT2D eigenvalue weighted by Gasteiger charge is 2.19. The molecule has 0 heterocycles. The van der Waals surface area contributed by atoms with Crippen molar-refractivity contribution in [3.63, 3.8) is 0 Å². The molecule has 1 atom stereocenters. The quantitative estimate of drug-likeness (QED) is 0.576. The number of carboxylic acids is 1. The van der Waals surface area contributed by atoms with Crippen LogP contribution >= 0.6 is 23.2 Å². The molecule has 0 aliphatic carbocycles. The van der Waals surface area contributed by atoms with Crippen molar-refractivity contribution < 1.29 is 19.4 Å². The number of esters is 1. The average molecular weight is 283 g/mol. The van der Waals surface area contributed by atoms with E-state index in [1.54, 1.807) is 0 Å². The highest BCUT2D eigenvalue weighted by molar-refractivity contribution is 6.52. The van der Waals surface area contributed by atoms with E-state index in [0.717, 1.165) is 19.3 Å². The average Bonchev–Trinajstić information content (AvgIpc) is 2.31. The van der Waals surface area contributed by atoms with Gasteiger partial charge < -0.3 is 9.84 Å². The van der Waals surface area contributed by atoms with Crippen LogP contribution in [0.4, 0.5) is 0 Å². The number of carbonyl (C=O) groups is 2. The Morgan fingerprint density at radius 1 is 1.24 bits per heavy atom. The molecule has 0 radical (unpaired) electrons. The highest BCUT2D eigenvalue weighted by atomic mass is 35.5. The van der Waals surface area contributed by atoms with Crippen LogP contribution in [0.1, 0.15) is 33.1 Å². The van der Waals surface area contributed by atoms with Crippen molar-refractivity contribution in [2.45, 2.75) is 33.1 Å². The molecule has 0 aromatic heterocycles. The van der Waals surface area contributed by atoms with Gasteiger partial charge in [0, 0.05) is 0 Å². The SMILES string of the molecule is CCCC(CC)COC(=O)/C(Cl)=C(/Cl)C(=O)O. The molecule has 1 N–H and O–H groups in total. The predicted molar refractivity (Wildman–Crippen MR) is 66.0 cm³/mol. The molecule has 0 aromatic carbocycles. The molecule has 0 aliphatic heterocycles. The van der Waals surface area contributed by atoms with Gasteiger partial charge in [0.25, 0.3) is 0 Å². The molecule has 0 saturated carbocycles. The first-order valence-corrected chi connectivity index (χ1v) is 6.15. The molecule has 1 unspecified atom stereocenters. The Bertz CT molecular complexity index is 313. The van der Waals surface area contributed by atoms with Gasteiger partial charge in [0.15, 0.2) is 10.1 Å². The summed E-state index contributed by atoms with van der Waals surface area (Å²) in [4.78, 5) is 21.8. The lowest BCUT2D eigenvalue weighted by Crippen LogP contribution is -2.15. The van der Waals surface area contributed by atoms with Crippen LogP contribution in [0.5, 0.6) is 0 Å². The lowest BCUT2D eigenvalue weighted by atomic mass is 10.0. The van der Waals surface area contributed by atoms with Crippen molar-refractivity contribution in [2.75, 3.05) is 6.61 Å². The van der Waals surface area contributed by atoms with Crippen LogP contribution in [0, 0.1) is 5.92 Å². The Kier molecular flexibility index (Phi) is 8.00. The minimum atomic E-state index is -1.45. The van der Waals surface area contributed by atoms with Gasteiger partial charge in [0.2, 0.25) is 0 Å². The molecular formula is C11H16Cl2O4. The first kappa shape index (κ1) is 16.3. The zero-order valence-corrected chi connectivity index (χ0v) is 11.3. The van der Waals surface area contributed by atoms with Gasteiger partial charge in [0.05, 0.1) is 6.61 Å². The molecule has 0 bridgehead atoms. The summed E-state index contributed by atoms with van der Waals surface area (Å²) in [5, 5.41) is 7.21. The number of hydrogen-bond donors (Lipinski definition) is 1. The van der Waals surface area contributed by atoms with Crippen molar-refractivity contribution in [1.82, 2.24) is 0 Å². The number of halogens is 2. The van der Waals surface area contributed by atoms with Crippen molar-refractivity contribution in [3.05, 3.63) is 10.1 Å². The number of carboxylic acid groups (broad SMARTS) is 1. The lowest BCUT2D eigenvalue weighted by Gasteiger charge is -2.13. The Labute approximate surface area is 111 Å². The first-order chi connectivity index (χ1) is 7.93. The molecular weight excluding hydrogens is 267 g/mol. The van der Waals surface area contributed by atoms with E-state index in [1.807, 2.05) is 13.8 Å². The summed E-state index contributed by atoms with van der Waals surface area (Å²) in [6.45, 7) is 4.26. The van der Waals surface area contributed by atoms with Crippen LogP contribution in [0.25, 0.3) is 0 Å². The molecule has 4 nitrogen and oxygen atoms in total. The zero-order valence-electron chi connectivity index (χ0n) is 9.83. The monoisotopic (exact) mass is 282 g/mol. The van der Waals surface area contributed by atoms with Gasteiger partial charge in [-0.15, -0.1) is 0 Å². The van der Waals surface area contributed by atoms with E-state index < -0.39 is 22.0 Å². The molecule has 0 fully saturated rings. The van der Waals surface area contributed by atoms with Gasteiger partial charge in [-0.25, -0.2) is 9.59 Å². The van der Waals surface area contributed by atoms with Crippen molar-refractivity contribution >= 4 is 35.1 Å². The Hall–Kier alpha value is -0.740. The summed E-state index contributed by atoms with van der Waals surface area (Å²) in [5.74, 6) is -2.08. The fraction of sp³-hybridized carbons (Fsp3) is 0.636. The summed E-state index contributed by atoms with van der Waals surface area (Å²) < 4.78 is 4.90. The highest BCUT2D eigenvalue weighted by Crippen LogP contribution is 2.17. The van der Waals surface area contributed by atoms with Gasteiger partial charge in [-0.05, 0) is 12.3 Å². The normalized spacial score (nSPS) is 13.9. The standard InChI is InChI=1S/C11H16Cl2O4/c1-3-5-7(4-2)6-17-11(16)9(13)8(12)10(14)15/h7H,3-6H2,1-2H3,(H,14,15)/b9-8-. The fourth-order valence-corrected chi connectivity index (χ4v) is 1.47. The van der Waals surface area contributed by atoms with Gasteiger partial charge in [-0.1, -0.05) is 49.9 Å². The Balaban J connectivity index is 4.36. The second kappa shape index (κ2) is 8.37. The van der Waals surface area contributed by atoms with Crippen molar-refractivity contribution in [2.24, 2.45) is 5.92 Å². The van der Waals surface area contributed by atoms with Crippen LogP contribution in [-0.4, -0.2) is 23.7 Å².